The third-order valence-corrected chi connectivity index (χ3v) is 7.11. The van der Waals surface area contributed by atoms with Gasteiger partial charge in [0.1, 0.15) is 11.6 Å². The highest BCUT2D eigenvalue weighted by Crippen LogP contribution is 2.27. The van der Waals surface area contributed by atoms with E-state index < -0.39 is 0 Å². The number of amides is 1. The summed E-state index contributed by atoms with van der Waals surface area (Å²) in [5, 5.41) is 9.32. The topological polar surface area (TPSA) is 60.3 Å². The summed E-state index contributed by atoms with van der Waals surface area (Å²) in [4.78, 5) is 15.3. The fraction of sp³-hybridized carbons (Fsp3) is 0.400. The number of nitrogens with zero attached hydrogens (tertiary/aromatic N) is 4. The summed E-state index contributed by atoms with van der Waals surface area (Å²) >= 11 is 1.40. The van der Waals surface area contributed by atoms with Crippen LogP contribution >= 0.6 is 11.8 Å². The zero-order valence-electron chi connectivity index (χ0n) is 19.0. The van der Waals surface area contributed by atoms with Crippen molar-refractivity contribution in [1.82, 2.24) is 19.7 Å². The molecule has 0 N–H and O–H groups in total. The van der Waals surface area contributed by atoms with Gasteiger partial charge in [-0.2, -0.15) is 0 Å². The Morgan fingerprint density at radius 2 is 1.79 bits per heavy atom. The summed E-state index contributed by atoms with van der Waals surface area (Å²) in [5.74, 6) is 1.62. The van der Waals surface area contributed by atoms with Crippen LogP contribution in [0.25, 0.3) is 11.4 Å². The zero-order chi connectivity index (χ0) is 23.2. The molecule has 0 aliphatic heterocycles. The smallest absolute Gasteiger partial charge is 0.233 e. The largest absolute Gasteiger partial charge is 0.497 e. The Morgan fingerprint density at radius 1 is 1.09 bits per heavy atom. The van der Waals surface area contributed by atoms with Gasteiger partial charge in [0.25, 0.3) is 0 Å². The van der Waals surface area contributed by atoms with Gasteiger partial charge in [0.05, 0.1) is 12.9 Å². The number of thioether (sulfide) groups is 1. The summed E-state index contributed by atoms with van der Waals surface area (Å²) < 4.78 is 20.5. The lowest BCUT2D eigenvalue weighted by Crippen LogP contribution is -2.42. The zero-order valence-corrected chi connectivity index (χ0v) is 19.9. The first-order valence-corrected chi connectivity index (χ1v) is 12.2. The van der Waals surface area contributed by atoms with Gasteiger partial charge >= 0.3 is 0 Å². The van der Waals surface area contributed by atoms with Crippen LogP contribution < -0.4 is 4.74 Å². The summed E-state index contributed by atoms with van der Waals surface area (Å²) in [6.45, 7) is 0.500. The van der Waals surface area contributed by atoms with Crippen molar-refractivity contribution in [2.75, 3.05) is 12.9 Å². The second-order valence-corrected chi connectivity index (χ2v) is 9.26. The highest BCUT2D eigenvalue weighted by molar-refractivity contribution is 7.99. The van der Waals surface area contributed by atoms with Crippen LogP contribution in [0, 0.1) is 5.82 Å². The number of aromatic nitrogens is 3. The van der Waals surface area contributed by atoms with E-state index in [1.54, 1.807) is 19.2 Å². The number of ether oxygens (including phenoxy) is 1. The van der Waals surface area contributed by atoms with Gasteiger partial charge in [0.2, 0.25) is 5.91 Å². The van der Waals surface area contributed by atoms with Gasteiger partial charge < -0.3 is 14.2 Å². The van der Waals surface area contributed by atoms with Gasteiger partial charge in [0.15, 0.2) is 11.0 Å². The molecular formula is C25H29FN4O2S. The Labute approximate surface area is 198 Å². The molecule has 0 saturated heterocycles. The predicted octanol–water partition coefficient (Wildman–Crippen LogP) is 5.08. The minimum absolute atomic E-state index is 0.0743. The molecule has 8 heteroatoms. The van der Waals surface area contributed by atoms with E-state index in [0.717, 1.165) is 48.4 Å². The third-order valence-electron chi connectivity index (χ3n) is 6.11. The molecule has 1 aromatic heterocycles. The Morgan fingerprint density at radius 3 is 2.45 bits per heavy atom. The van der Waals surface area contributed by atoms with Crippen LogP contribution in [0.1, 0.15) is 37.7 Å². The van der Waals surface area contributed by atoms with Crippen LogP contribution in [0.3, 0.4) is 0 Å². The van der Waals surface area contributed by atoms with Crippen LogP contribution in [0.5, 0.6) is 5.75 Å². The first-order valence-electron chi connectivity index (χ1n) is 11.3. The van der Waals surface area contributed by atoms with Gasteiger partial charge in [-0.3, -0.25) is 4.79 Å². The standard InChI is InChI=1S/C25H29FN4O2S/c1-29-24(19-10-14-22(32-2)15-11-19)27-28-25(29)33-17-23(31)30(21-6-4-3-5-7-21)16-18-8-12-20(26)13-9-18/h8-15,21H,3-7,16-17H2,1-2H3. The molecular weight excluding hydrogens is 439 g/mol. The molecule has 0 radical (unpaired) electrons. The van der Waals surface area contributed by atoms with Crippen LogP contribution in [-0.4, -0.2) is 44.5 Å². The van der Waals surface area contributed by atoms with Crippen LogP contribution in [0.15, 0.2) is 53.7 Å². The van der Waals surface area contributed by atoms with Crippen molar-refractivity contribution < 1.29 is 13.9 Å². The monoisotopic (exact) mass is 468 g/mol. The van der Waals surface area contributed by atoms with Crippen molar-refractivity contribution in [3.8, 4) is 17.1 Å². The highest BCUT2D eigenvalue weighted by Gasteiger charge is 2.26. The number of benzene rings is 2. The lowest BCUT2D eigenvalue weighted by molar-refractivity contribution is -0.132. The average molecular weight is 469 g/mol. The molecule has 6 nitrogen and oxygen atoms in total. The number of methoxy groups -OCH3 is 1. The fourth-order valence-corrected chi connectivity index (χ4v) is 5.04. The Hall–Kier alpha value is -2.87. The van der Waals surface area contributed by atoms with Gasteiger partial charge in [-0.1, -0.05) is 43.2 Å². The van der Waals surface area contributed by atoms with Gasteiger partial charge in [-0.05, 0) is 54.8 Å². The van der Waals surface area contributed by atoms with Gasteiger partial charge in [-0.15, -0.1) is 10.2 Å². The summed E-state index contributed by atoms with van der Waals surface area (Å²) in [6, 6.07) is 14.3. The lowest BCUT2D eigenvalue weighted by atomic mass is 9.94. The Kier molecular flexibility index (Phi) is 7.65. The second-order valence-electron chi connectivity index (χ2n) is 8.32. The third kappa shape index (κ3) is 5.74. The van der Waals surface area contributed by atoms with E-state index >= 15 is 0 Å². The van der Waals surface area contributed by atoms with E-state index in [9.17, 15) is 9.18 Å². The molecule has 1 fully saturated rings. The molecule has 1 saturated carbocycles. The average Bonchev–Trinajstić information content (AvgIpc) is 3.22. The molecule has 0 bridgehead atoms. The highest BCUT2D eigenvalue weighted by atomic mass is 32.2. The number of halogens is 1. The Balaban J connectivity index is 1.45. The molecule has 1 aliphatic carbocycles. The quantitative estimate of drug-likeness (QED) is 0.431. The van der Waals surface area contributed by atoms with Crippen molar-refractivity contribution in [3.05, 3.63) is 59.9 Å². The molecule has 2 aromatic carbocycles. The van der Waals surface area contributed by atoms with Crippen LogP contribution in [-0.2, 0) is 18.4 Å². The maximum atomic E-state index is 13.3. The lowest BCUT2D eigenvalue weighted by Gasteiger charge is -2.34. The predicted molar refractivity (Wildman–Crippen MR) is 128 cm³/mol. The number of hydrogen-bond donors (Lipinski definition) is 0. The number of hydrogen-bond acceptors (Lipinski definition) is 5. The number of carbonyl (C=O) groups is 1. The normalized spacial score (nSPS) is 14.3. The molecule has 1 aliphatic rings. The van der Waals surface area contributed by atoms with E-state index in [-0.39, 0.29) is 23.5 Å². The number of carbonyl (C=O) groups excluding carboxylic acids is 1. The van der Waals surface area contributed by atoms with Gasteiger partial charge in [0, 0.05) is 25.2 Å². The minimum atomic E-state index is -0.264. The van der Waals surface area contributed by atoms with Crippen molar-refractivity contribution in [1.29, 1.82) is 0 Å². The molecule has 0 unspecified atom stereocenters. The van der Waals surface area contributed by atoms with Crippen LogP contribution in [0.4, 0.5) is 4.39 Å². The maximum Gasteiger partial charge on any atom is 0.233 e. The van der Waals surface area contributed by atoms with E-state index in [0.29, 0.717) is 11.7 Å². The minimum Gasteiger partial charge on any atom is -0.497 e. The summed E-state index contributed by atoms with van der Waals surface area (Å²) in [5.41, 5.74) is 1.88. The van der Waals surface area contributed by atoms with Crippen molar-refractivity contribution in [3.63, 3.8) is 0 Å². The van der Waals surface area contributed by atoms with Crippen molar-refractivity contribution >= 4 is 17.7 Å². The summed E-state index contributed by atoms with van der Waals surface area (Å²) in [7, 11) is 3.54. The molecule has 0 atom stereocenters. The van der Waals surface area contributed by atoms with E-state index in [4.69, 9.17) is 4.74 Å². The van der Waals surface area contributed by atoms with Gasteiger partial charge in [-0.25, -0.2) is 4.39 Å². The SMILES string of the molecule is COc1ccc(-c2nnc(SCC(=O)N(Cc3ccc(F)cc3)C3CCCCC3)n2C)cc1. The summed E-state index contributed by atoms with van der Waals surface area (Å²) in [6.07, 6.45) is 5.53. The van der Waals surface area contributed by atoms with Crippen molar-refractivity contribution in [2.24, 2.45) is 7.05 Å². The molecule has 33 heavy (non-hydrogen) atoms. The first-order chi connectivity index (χ1) is 16.0. The second kappa shape index (κ2) is 10.8. The fourth-order valence-electron chi connectivity index (χ4n) is 4.24. The molecule has 4 rings (SSSR count). The first kappa shape index (κ1) is 23.3. The van der Waals surface area contributed by atoms with E-state index in [1.165, 1.54) is 30.3 Å². The maximum absolute atomic E-state index is 13.3. The molecule has 174 valence electrons. The molecule has 1 heterocycles. The van der Waals surface area contributed by atoms with Crippen molar-refractivity contribution in [2.45, 2.75) is 49.8 Å². The van der Waals surface area contributed by atoms with E-state index in [1.807, 2.05) is 40.8 Å². The van der Waals surface area contributed by atoms with Crippen LogP contribution in [0.2, 0.25) is 0 Å². The molecule has 0 spiro atoms. The molecule has 3 aromatic rings. The molecule has 1 amide bonds. The Bertz CT molecular complexity index is 1060. The van der Waals surface area contributed by atoms with E-state index in [2.05, 4.69) is 10.2 Å². The number of rotatable bonds is 8.